The number of nitrogens with zero attached hydrogens (tertiary/aromatic N) is 1. The first-order valence-electron chi connectivity index (χ1n) is 2.28. The van der Waals surface area contributed by atoms with E-state index in [4.69, 9.17) is 0 Å². The van der Waals surface area contributed by atoms with Crippen LogP contribution in [-0.2, 0) is 0 Å². The molecule has 2 unspecified atom stereocenters. The van der Waals surface area contributed by atoms with Crippen LogP contribution in [0, 0.1) is 0 Å². The second-order valence-electron chi connectivity index (χ2n) is 1.64. The number of likely N-dealkylation sites (N-methyl/N-ethyl adjacent to an activating group) is 1. The van der Waals surface area contributed by atoms with E-state index in [9.17, 15) is 0 Å². The highest BCUT2D eigenvalue weighted by atomic mass is 31.0. The molecule has 7 heavy (non-hydrogen) atoms. The molecule has 0 amide bonds. The molecule has 2 heteroatoms. The Bertz CT molecular complexity index is 61.1. The van der Waals surface area contributed by atoms with Crippen molar-refractivity contribution in [2.75, 3.05) is 7.05 Å². The van der Waals surface area contributed by atoms with Crippen LogP contribution in [0.15, 0.2) is 12.7 Å². The van der Waals surface area contributed by atoms with Crippen molar-refractivity contribution in [1.82, 2.24) is 4.67 Å². The Labute approximate surface area is 47.7 Å². The molecule has 0 aromatic rings. The molecule has 2 atom stereocenters. The third kappa shape index (κ3) is 2.78. The molecule has 1 nitrogen and oxygen atoms in total. The van der Waals surface area contributed by atoms with Crippen molar-refractivity contribution >= 4 is 9.39 Å². The van der Waals surface area contributed by atoms with Crippen LogP contribution in [0.3, 0.4) is 0 Å². The van der Waals surface area contributed by atoms with E-state index in [1.54, 1.807) is 0 Å². The summed E-state index contributed by atoms with van der Waals surface area (Å²) in [4.78, 5) is 0. The Kier molecular flexibility index (Phi) is 3.23. The molecule has 0 N–H and O–H groups in total. The van der Waals surface area contributed by atoms with Gasteiger partial charge in [-0.1, -0.05) is 15.5 Å². The van der Waals surface area contributed by atoms with Crippen molar-refractivity contribution in [3.8, 4) is 0 Å². The van der Waals surface area contributed by atoms with Gasteiger partial charge in [0.1, 0.15) is 0 Å². The van der Waals surface area contributed by atoms with Gasteiger partial charge >= 0.3 is 0 Å². The number of rotatable bonds is 2. The first kappa shape index (κ1) is 7.13. The maximum Gasteiger partial charge on any atom is 0.0276 e. The van der Waals surface area contributed by atoms with Crippen LogP contribution in [0.1, 0.15) is 6.92 Å². The van der Waals surface area contributed by atoms with Gasteiger partial charge in [0.2, 0.25) is 0 Å². The third-order valence-electron chi connectivity index (χ3n) is 0.984. The Morgan fingerprint density at radius 3 is 2.29 bits per heavy atom. The van der Waals surface area contributed by atoms with E-state index >= 15 is 0 Å². The Morgan fingerprint density at radius 1 is 1.86 bits per heavy atom. The maximum absolute atomic E-state index is 3.63. The van der Waals surface area contributed by atoms with Gasteiger partial charge in [0.05, 0.1) is 0 Å². The second kappa shape index (κ2) is 3.17. The maximum atomic E-state index is 3.63. The summed E-state index contributed by atoms with van der Waals surface area (Å²) in [5, 5.41) is 0. The predicted octanol–water partition coefficient (Wildman–Crippen LogP) is 1.28. The zero-order valence-electron chi connectivity index (χ0n) is 4.89. The van der Waals surface area contributed by atoms with Crippen molar-refractivity contribution in [2.24, 2.45) is 0 Å². The monoisotopic (exact) mass is 117 g/mol. The fraction of sp³-hybridized carbons (Fsp3) is 0.600. The first-order chi connectivity index (χ1) is 3.18. The average molecular weight is 117 g/mol. The van der Waals surface area contributed by atoms with Crippen LogP contribution in [0.5, 0.6) is 0 Å². The highest BCUT2D eigenvalue weighted by molar-refractivity contribution is 7.13. The summed E-state index contributed by atoms with van der Waals surface area (Å²) in [5.74, 6) is 0. The van der Waals surface area contributed by atoms with Crippen LogP contribution < -0.4 is 0 Å². The van der Waals surface area contributed by atoms with Crippen LogP contribution in [0.2, 0.25) is 0 Å². The molecule has 0 aromatic heterocycles. The molecule has 0 rings (SSSR count). The van der Waals surface area contributed by atoms with Gasteiger partial charge < -0.3 is 0 Å². The molecule has 0 bridgehead atoms. The lowest BCUT2D eigenvalue weighted by atomic mass is 10.3. The summed E-state index contributed by atoms with van der Waals surface area (Å²) in [7, 11) is 4.58. The summed E-state index contributed by atoms with van der Waals surface area (Å²) >= 11 is 0. The normalized spacial score (nSPS) is 14.3. The molecule has 0 radical (unpaired) electrons. The molecule has 0 aliphatic rings. The van der Waals surface area contributed by atoms with Crippen LogP contribution in [0.4, 0.5) is 0 Å². The van der Waals surface area contributed by atoms with Gasteiger partial charge in [-0.25, -0.2) is 0 Å². The summed E-state index contributed by atoms with van der Waals surface area (Å²) < 4.78 is 2.02. The van der Waals surface area contributed by atoms with Crippen LogP contribution >= 0.6 is 9.39 Å². The quantitative estimate of drug-likeness (QED) is 0.389. The lowest BCUT2D eigenvalue weighted by Gasteiger charge is -2.13. The van der Waals surface area contributed by atoms with Gasteiger partial charge in [-0.3, -0.25) is 4.67 Å². The van der Waals surface area contributed by atoms with Crippen LogP contribution in [-0.4, -0.2) is 17.8 Å². The van der Waals surface area contributed by atoms with E-state index in [1.807, 2.05) is 17.8 Å². The highest BCUT2D eigenvalue weighted by Gasteiger charge is 1.94. The molecule has 0 saturated carbocycles. The fourth-order valence-corrected chi connectivity index (χ4v) is 0.288. The van der Waals surface area contributed by atoms with E-state index < -0.39 is 0 Å². The van der Waals surface area contributed by atoms with Gasteiger partial charge in [-0.2, -0.15) is 0 Å². The van der Waals surface area contributed by atoms with E-state index in [0.29, 0.717) is 6.04 Å². The molecule has 0 saturated heterocycles. The molecular weight excluding hydrogens is 105 g/mol. The van der Waals surface area contributed by atoms with Gasteiger partial charge in [0.25, 0.3) is 0 Å². The van der Waals surface area contributed by atoms with Gasteiger partial charge in [0.15, 0.2) is 0 Å². The van der Waals surface area contributed by atoms with Crippen LogP contribution in [0.25, 0.3) is 0 Å². The Balaban J connectivity index is 3.33. The third-order valence-corrected chi connectivity index (χ3v) is 1.45. The number of hydrogen-bond acceptors (Lipinski definition) is 1. The average Bonchev–Trinajstić information content (AvgIpc) is 1.65. The minimum Gasteiger partial charge on any atom is -0.284 e. The minimum atomic E-state index is 0.463. The summed E-state index contributed by atoms with van der Waals surface area (Å²) in [6.45, 7) is 5.71. The van der Waals surface area contributed by atoms with Gasteiger partial charge in [-0.15, -0.1) is 6.58 Å². The summed E-state index contributed by atoms with van der Waals surface area (Å²) in [6.07, 6.45) is 1.90. The lowest BCUT2D eigenvalue weighted by Crippen LogP contribution is -2.14. The Morgan fingerprint density at radius 2 is 2.29 bits per heavy atom. The highest BCUT2D eigenvalue weighted by Crippen LogP contribution is 2.00. The van der Waals surface area contributed by atoms with E-state index in [1.165, 1.54) is 0 Å². The number of hydrogen-bond donors (Lipinski definition) is 0. The molecule has 0 aliphatic carbocycles. The zero-order chi connectivity index (χ0) is 5.86. The van der Waals surface area contributed by atoms with E-state index in [0.717, 1.165) is 0 Å². The SMILES string of the molecule is C=CC(C)N(C)P. The molecule has 0 spiro atoms. The Hall–Kier alpha value is 0.130. The van der Waals surface area contributed by atoms with Crippen molar-refractivity contribution < 1.29 is 0 Å². The molecule has 0 aromatic carbocycles. The van der Waals surface area contributed by atoms with Gasteiger partial charge in [0, 0.05) is 6.04 Å². The van der Waals surface area contributed by atoms with Gasteiger partial charge in [-0.05, 0) is 14.0 Å². The van der Waals surface area contributed by atoms with E-state index in [-0.39, 0.29) is 0 Å². The smallest absolute Gasteiger partial charge is 0.0276 e. The molecule has 0 fully saturated rings. The van der Waals surface area contributed by atoms with Crippen molar-refractivity contribution in [2.45, 2.75) is 13.0 Å². The molecule has 0 heterocycles. The lowest BCUT2D eigenvalue weighted by molar-refractivity contribution is 0.509. The van der Waals surface area contributed by atoms with Crippen molar-refractivity contribution in [3.63, 3.8) is 0 Å². The molecule has 0 aliphatic heterocycles. The van der Waals surface area contributed by atoms with E-state index in [2.05, 4.69) is 22.9 Å². The largest absolute Gasteiger partial charge is 0.284 e. The molecule has 42 valence electrons. The molecular formula is C5H12NP. The fourth-order valence-electron chi connectivity index (χ4n) is 0.166. The van der Waals surface area contributed by atoms with Crippen molar-refractivity contribution in [3.05, 3.63) is 12.7 Å². The first-order valence-corrected chi connectivity index (χ1v) is 2.80. The minimum absolute atomic E-state index is 0.463. The standard InChI is InChI=1S/C5H12NP/c1-4-5(2)6(3)7/h4-5H,1,7H2,2-3H3. The van der Waals surface area contributed by atoms with Crippen molar-refractivity contribution in [1.29, 1.82) is 0 Å². The zero-order valence-corrected chi connectivity index (χ0v) is 6.04. The summed E-state index contributed by atoms with van der Waals surface area (Å²) in [5.41, 5.74) is 0. The predicted molar refractivity (Wildman–Crippen MR) is 37.1 cm³/mol. The topological polar surface area (TPSA) is 3.24 Å². The summed E-state index contributed by atoms with van der Waals surface area (Å²) in [6, 6.07) is 0.463. The second-order valence-corrected chi connectivity index (χ2v) is 2.46.